The number of nitrogens with zero attached hydrogens (tertiary/aromatic N) is 1. The molecular weight excluding hydrogens is 202 g/mol. The minimum atomic E-state index is -0.0665. The molecule has 1 atom stereocenters. The predicted molar refractivity (Wildman–Crippen MR) is 66.1 cm³/mol. The molecule has 0 aromatic rings. The summed E-state index contributed by atoms with van der Waals surface area (Å²) in [7, 11) is 0. The molecule has 1 saturated heterocycles. The summed E-state index contributed by atoms with van der Waals surface area (Å²) in [5.41, 5.74) is 5.47. The first-order valence-corrected chi connectivity index (χ1v) is 6.29. The molecule has 0 aliphatic carbocycles. The summed E-state index contributed by atoms with van der Waals surface area (Å²) in [4.78, 5) is 14.1. The molecule has 1 heterocycles. The molecule has 3 N–H and O–H groups in total. The number of hydrogen-bond donors (Lipinski definition) is 2. The lowest BCUT2D eigenvalue weighted by Crippen LogP contribution is -2.48. The van der Waals surface area contributed by atoms with Gasteiger partial charge in [-0.2, -0.15) is 0 Å². The van der Waals surface area contributed by atoms with Gasteiger partial charge in [-0.3, -0.25) is 4.79 Å². The molecule has 1 aliphatic rings. The summed E-state index contributed by atoms with van der Waals surface area (Å²) in [5.74, 6) is 0.0358. The van der Waals surface area contributed by atoms with E-state index in [2.05, 4.69) is 24.1 Å². The molecule has 1 amide bonds. The number of carbonyl (C=O) groups excluding carboxylic acids is 1. The van der Waals surface area contributed by atoms with Gasteiger partial charge in [0.2, 0.25) is 5.91 Å². The topological polar surface area (TPSA) is 58.4 Å². The second-order valence-corrected chi connectivity index (χ2v) is 5.05. The minimum Gasteiger partial charge on any atom is -0.353 e. The van der Waals surface area contributed by atoms with Gasteiger partial charge in [-0.15, -0.1) is 0 Å². The summed E-state index contributed by atoms with van der Waals surface area (Å²) < 4.78 is 0. The first-order chi connectivity index (χ1) is 7.54. The molecule has 0 spiro atoms. The first-order valence-electron chi connectivity index (χ1n) is 6.29. The highest BCUT2D eigenvalue weighted by molar-refractivity contribution is 5.78. The fourth-order valence-corrected chi connectivity index (χ4v) is 2.01. The van der Waals surface area contributed by atoms with E-state index < -0.39 is 0 Å². The van der Waals surface area contributed by atoms with Crippen LogP contribution in [0.25, 0.3) is 0 Å². The van der Waals surface area contributed by atoms with Gasteiger partial charge in [0.1, 0.15) is 0 Å². The third-order valence-electron chi connectivity index (χ3n) is 3.41. The molecule has 1 unspecified atom stereocenters. The molecule has 0 bridgehead atoms. The maximum absolute atomic E-state index is 11.7. The molecule has 1 rings (SSSR count). The predicted octanol–water partition coefficient (Wildman–Crippen LogP) is 0.570. The molecular formula is C12H25N3O. The van der Waals surface area contributed by atoms with Crippen molar-refractivity contribution in [2.45, 2.75) is 45.7 Å². The Bertz CT molecular complexity index is 222. The molecule has 1 fully saturated rings. The van der Waals surface area contributed by atoms with Crippen LogP contribution in [0.4, 0.5) is 0 Å². The normalized spacial score (nSPS) is 21.1. The Morgan fingerprint density at radius 3 is 2.38 bits per heavy atom. The maximum atomic E-state index is 11.7. The highest BCUT2D eigenvalue weighted by atomic mass is 16.1. The van der Waals surface area contributed by atoms with Crippen LogP contribution in [0, 0.1) is 5.92 Å². The molecule has 0 aromatic heterocycles. The second kappa shape index (κ2) is 6.21. The third kappa shape index (κ3) is 3.76. The van der Waals surface area contributed by atoms with Crippen molar-refractivity contribution < 1.29 is 4.79 Å². The van der Waals surface area contributed by atoms with E-state index in [1.807, 2.05) is 6.92 Å². The highest BCUT2D eigenvalue weighted by Gasteiger charge is 2.23. The summed E-state index contributed by atoms with van der Waals surface area (Å²) in [6, 6.07) is 0.955. The number of carbonyl (C=O) groups is 1. The van der Waals surface area contributed by atoms with Gasteiger partial charge in [-0.25, -0.2) is 0 Å². The average Bonchev–Trinajstić information content (AvgIpc) is 2.28. The SMILES string of the molecule is CC(CN)C(=O)NC1CCN(C(C)C)CC1. The second-order valence-electron chi connectivity index (χ2n) is 5.05. The van der Waals surface area contributed by atoms with Crippen molar-refractivity contribution in [2.24, 2.45) is 11.7 Å². The van der Waals surface area contributed by atoms with Crippen molar-refractivity contribution in [3.8, 4) is 0 Å². The van der Waals surface area contributed by atoms with Crippen LogP contribution in [0.5, 0.6) is 0 Å². The number of nitrogens with one attached hydrogen (secondary N) is 1. The molecule has 0 saturated carbocycles. The fourth-order valence-electron chi connectivity index (χ4n) is 2.01. The smallest absolute Gasteiger partial charge is 0.224 e. The molecule has 4 nitrogen and oxygen atoms in total. The van der Waals surface area contributed by atoms with Crippen molar-refractivity contribution in [3.63, 3.8) is 0 Å². The van der Waals surface area contributed by atoms with E-state index in [0.29, 0.717) is 18.6 Å². The number of rotatable bonds is 4. The molecule has 1 aliphatic heterocycles. The van der Waals surface area contributed by atoms with Gasteiger partial charge in [0, 0.05) is 37.6 Å². The largest absolute Gasteiger partial charge is 0.353 e. The minimum absolute atomic E-state index is 0.0665. The number of nitrogens with two attached hydrogens (primary N) is 1. The lowest BCUT2D eigenvalue weighted by Gasteiger charge is -2.35. The Kier molecular flexibility index (Phi) is 5.22. The van der Waals surface area contributed by atoms with E-state index in [1.165, 1.54) is 0 Å². The van der Waals surface area contributed by atoms with Gasteiger partial charge in [0.05, 0.1) is 0 Å². The van der Waals surface area contributed by atoms with Crippen molar-refractivity contribution in [2.75, 3.05) is 19.6 Å². The Morgan fingerprint density at radius 2 is 1.94 bits per heavy atom. The maximum Gasteiger partial charge on any atom is 0.224 e. The average molecular weight is 227 g/mol. The van der Waals surface area contributed by atoms with Crippen LogP contribution in [-0.4, -0.2) is 42.5 Å². The van der Waals surface area contributed by atoms with Crippen LogP contribution in [0.1, 0.15) is 33.6 Å². The monoisotopic (exact) mass is 227 g/mol. The van der Waals surface area contributed by atoms with Crippen LogP contribution in [-0.2, 0) is 4.79 Å². The van der Waals surface area contributed by atoms with Crippen molar-refractivity contribution in [1.82, 2.24) is 10.2 Å². The molecule has 0 aromatic carbocycles. The quantitative estimate of drug-likeness (QED) is 0.738. The standard InChI is InChI=1S/C12H25N3O/c1-9(2)15-6-4-11(5-7-15)14-12(16)10(3)8-13/h9-11H,4-8,13H2,1-3H3,(H,14,16). The zero-order valence-corrected chi connectivity index (χ0v) is 10.7. The zero-order valence-electron chi connectivity index (χ0n) is 10.7. The molecule has 94 valence electrons. The van der Waals surface area contributed by atoms with Crippen molar-refractivity contribution in [3.05, 3.63) is 0 Å². The van der Waals surface area contributed by atoms with Gasteiger partial charge in [0.15, 0.2) is 0 Å². The van der Waals surface area contributed by atoms with E-state index in [4.69, 9.17) is 5.73 Å². The number of likely N-dealkylation sites (tertiary alicyclic amines) is 1. The van der Waals surface area contributed by atoms with E-state index in [-0.39, 0.29) is 11.8 Å². The van der Waals surface area contributed by atoms with Crippen LogP contribution in [0.2, 0.25) is 0 Å². The summed E-state index contributed by atoms with van der Waals surface area (Å²) >= 11 is 0. The van der Waals surface area contributed by atoms with Crippen LogP contribution < -0.4 is 11.1 Å². The molecule has 16 heavy (non-hydrogen) atoms. The molecule has 0 radical (unpaired) electrons. The lowest BCUT2D eigenvalue weighted by atomic mass is 10.0. The van der Waals surface area contributed by atoms with Gasteiger partial charge in [-0.05, 0) is 26.7 Å². The Labute approximate surface area is 98.6 Å². The number of hydrogen-bond acceptors (Lipinski definition) is 3. The van der Waals surface area contributed by atoms with Gasteiger partial charge >= 0.3 is 0 Å². The first kappa shape index (κ1) is 13.5. The lowest BCUT2D eigenvalue weighted by molar-refractivity contribution is -0.125. The summed E-state index contributed by atoms with van der Waals surface area (Å²) in [6.07, 6.45) is 2.11. The van der Waals surface area contributed by atoms with Crippen molar-refractivity contribution >= 4 is 5.91 Å². The van der Waals surface area contributed by atoms with Crippen LogP contribution in [0.3, 0.4) is 0 Å². The van der Waals surface area contributed by atoms with E-state index in [0.717, 1.165) is 25.9 Å². The summed E-state index contributed by atoms with van der Waals surface area (Å²) in [5, 5.41) is 3.08. The number of piperidine rings is 1. The van der Waals surface area contributed by atoms with Gasteiger partial charge < -0.3 is 16.0 Å². The summed E-state index contributed by atoms with van der Waals surface area (Å²) in [6.45, 7) is 8.90. The van der Waals surface area contributed by atoms with Crippen LogP contribution in [0.15, 0.2) is 0 Å². The Hall–Kier alpha value is -0.610. The Morgan fingerprint density at radius 1 is 1.38 bits per heavy atom. The zero-order chi connectivity index (χ0) is 12.1. The van der Waals surface area contributed by atoms with E-state index in [1.54, 1.807) is 0 Å². The fraction of sp³-hybridized carbons (Fsp3) is 0.917. The van der Waals surface area contributed by atoms with E-state index >= 15 is 0 Å². The van der Waals surface area contributed by atoms with Crippen molar-refractivity contribution in [1.29, 1.82) is 0 Å². The van der Waals surface area contributed by atoms with Gasteiger partial charge in [-0.1, -0.05) is 6.92 Å². The Balaban J connectivity index is 2.29. The third-order valence-corrected chi connectivity index (χ3v) is 3.41. The van der Waals surface area contributed by atoms with Crippen LogP contribution >= 0.6 is 0 Å². The van der Waals surface area contributed by atoms with Gasteiger partial charge in [0.25, 0.3) is 0 Å². The highest BCUT2D eigenvalue weighted by Crippen LogP contribution is 2.13. The molecule has 4 heteroatoms. The number of amides is 1. The van der Waals surface area contributed by atoms with E-state index in [9.17, 15) is 4.79 Å².